The summed E-state index contributed by atoms with van der Waals surface area (Å²) in [5.41, 5.74) is 7.56. The number of ether oxygens (including phenoxy) is 1. The molecule has 0 saturated heterocycles. The van der Waals surface area contributed by atoms with Crippen molar-refractivity contribution in [2.24, 2.45) is 5.73 Å². The molecule has 0 atom stereocenters. The minimum absolute atomic E-state index is 0.144. The molecule has 0 aromatic heterocycles. The zero-order valence-corrected chi connectivity index (χ0v) is 10.4. The number of rotatable bonds is 3. The minimum atomic E-state index is -0.339. The minimum Gasteiger partial charge on any atom is -0.469 e. The molecule has 0 aliphatic carbocycles. The molecule has 5 heteroatoms. The van der Waals surface area contributed by atoms with Gasteiger partial charge in [-0.2, -0.15) is 5.26 Å². The zero-order chi connectivity index (χ0) is 12.1. The van der Waals surface area contributed by atoms with Gasteiger partial charge in [-0.3, -0.25) is 4.79 Å². The van der Waals surface area contributed by atoms with E-state index in [1.165, 1.54) is 7.11 Å². The van der Waals surface area contributed by atoms with E-state index in [1.807, 2.05) is 6.07 Å². The second kappa shape index (κ2) is 5.64. The highest BCUT2D eigenvalue weighted by molar-refractivity contribution is 9.10. The summed E-state index contributed by atoms with van der Waals surface area (Å²) < 4.78 is 5.25. The van der Waals surface area contributed by atoms with Crippen LogP contribution in [0.5, 0.6) is 0 Å². The number of hydrogen-bond acceptors (Lipinski definition) is 4. The molecule has 0 amide bonds. The van der Waals surface area contributed by atoms with Crippen molar-refractivity contribution in [1.29, 1.82) is 5.26 Å². The van der Waals surface area contributed by atoms with E-state index in [0.717, 1.165) is 11.1 Å². The Kier molecular flexibility index (Phi) is 4.47. The summed E-state index contributed by atoms with van der Waals surface area (Å²) in [5, 5.41) is 8.92. The number of halogens is 1. The predicted molar refractivity (Wildman–Crippen MR) is 62.5 cm³/mol. The monoisotopic (exact) mass is 282 g/mol. The number of nitrogens with zero attached hydrogens (tertiary/aromatic N) is 1. The number of nitriles is 1. The van der Waals surface area contributed by atoms with Gasteiger partial charge in [-0.15, -0.1) is 0 Å². The Morgan fingerprint density at radius 1 is 1.62 bits per heavy atom. The van der Waals surface area contributed by atoms with Crippen LogP contribution >= 0.6 is 15.9 Å². The van der Waals surface area contributed by atoms with Crippen LogP contribution in [0.15, 0.2) is 16.6 Å². The maximum absolute atomic E-state index is 11.1. The van der Waals surface area contributed by atoms with Gasteiger partial charge >= 0.3 is 5.97 Å². The molecule has 1 aromatic carbocycles. The number of methoxy groups -OCH3 is 1. The number of benzene rings is 1. The van der Waals surface area contributed by atoms with Gasteiger partial charge in [-0.05, 0) is 33.1 Å². The zero-order valence-electron chi connectivity index (χ0n) is 8.79. The number of nitrogens with two attached hydrogens (primary N) is 1. The second-order valence-electron chi connectivity index (χ2n) is 3.19. The first kappa shape index (κ1) is 12.7. The summed E-state index contributed by atoms with van der Waals surface area (Å²) in [6.07, 6.45) is 0.144. The molecule has 0 saturated carbocycles. The van der Waals surface area contributed by atoms with Crippen LogP contribution in [0, 0.1) is 11.3 Å². The summed E-state index contributed by atoms with van der Waals surface area (Å²) in [6, 6.07) is 5.49. The number of carbonyl (C=O) groups is 1. The molecule has 1 rings (SSSR count). The van der Waals surface area contributed by atoms with Crippen LogP contribution in [-0.4, -0.2) is 13.1 Å². The second-order valence-corrected chi connectivity index (χ2v) is 3.98. The molecular weight excluding hydrogens is 272 g/mol. The first-order valence-corrected chi connectivity index (χ1v) is 5.40. The number of carbonyl (C=O) groups excluding carboxylic acids is 1. The third-order valence-corrected chi connectivity index (χ3v) is 3.06. The summed E-state index contributed by atoms with van der Waals surface area (Å²) in [4.78, 5) is 11.1. The van der Waals surface area contributed by atoms with Gasteiger partial charge in [0.1, 0.15) is 6.07 Å². The van der Waals surface area contributed by atoms with E-state index < -0.39 is 0 Å². The van der Waals surface area contributed by atoms with Gasteiger partial charge in [0.2, 0.25) is 0 Å². The molecule has 0 aliphatic heterocycles. The standard InChI is InChI=1S/C11H11BrN2O2/c1-16-10(15)4-7-2-8(5-13)11(12)9(3-7)6-14/h2-3H,4-5,13H2,1H3. The Bertz CT molecular complexity index is 452. The topological polar surface area (TPSA) is 76.1 Å². The molecule has 0 aliphatic rings. The van der Waals surface area contributed by atoms with Crippen molar-refractivity contribution in [2.45, 2.75) is 13.0 Å². The average Bonchev–Trinajstić information content (AvgIpc) is 2.30. The van der Waals surface area contributed by atoms with E-state index in [1.54, 1.807) is 12.1 Å². The lowest BCUT2D eigenvalue weighted by Crippen LogP contribution is -2.07. The number of hydrogen-bond donors (Lipinski definition) is 1. The predicted octanol–water partition coefficient (Wildman–Crippen LogP) is 1.49. The smallest absolute Gasteiger partial charge is 0.309 e. The van der Waals surface area contributed by atoms with Crippen molar-refractivity contribution in [1.82, 2.24) is 0 Å². The first-order valence-electron chi connectivity index (χ1n) is 4.60. The third-order valence-electron chi connectivity index (χ3n) is 2.12. The normalized spacial score (nSPS) is 9.62. The highest BCUT2D eigenvalue weighted by atomic mass is 79.9. The van der Waals surface area contributed by atoms with Crippen molar-refractivity contribution in [3.63, 3.8) is 0 Å². The van der Waals surface area contributed by atoms with E-state index in [4.69, 9.17) is 11.0 Å². The van der Waals surface area contributed by atoms with E-state index >= 15 is 0 Å². The first-order chi connectivity index (χ1) is 7.62. The molecule has 0 fully saturated rings. The lowest BCUT2D eigenvalue weighted by Gasteiger charge is -2.07. The van der Waals surface area contributed by atoms with Crippen LogP contribution < -0.4 is 5.73 Å². The molecule has 0 heterocycles. The summed E-state index contributed by atoms with van der Waals surface area (Å²) in [6.45, 7) is 0.310. The Balaban J connectivity index is 3.13. The Labute approximate surface area is 102 Å². The Morgan fingerprint density at radius 2 is 2.31 bits per heavy atom. The Hall–Kier alpha value is -1.38. The fourth-order valence-electron chi connectivity index (χ4n) is 1.32. The molecule has 84 valence electrons. The lowest BCUT2D eigenvalue weighted by molar-refractivity contribution is -0.139. The van der Waals surface area contributed by atoms with Gasteiger partial charge in [-0.25, -0.2) is 0 Å². The maximum Gasteiger partial charge on any atom is 0.309 e. The summed E-state index contributed by atoms with van der Waals surface area (Å²) in [5.74, 6) is -0.339. The lowest BCUT2D eigenvalue weighted by atomic mass is 10.0. The van der Waals surface area contributed by atoms with Gasteiger partial charge in [0.25, 0.3) is 0 Å². The third kappa shape index (κ3) is 2.81. The van der Waals surface area contributed by atoms with Crippen molar-refractivity contribution in [3.05, 3.63) is 33.3 Å². The molecule has 0 bridgehead atoms. The van der Waals surface area contributed by atoms with E-state index in [-0.39, 0.29) is 12.4 Å². The molecule has 0 spiro atoms. The molecule has 16 heavy (non-hydrogen) atoms. The molecule has 0 radical (unpaired) electrons. The fourth-order valence-corrected chi connectivity index (χ4v) is 1.80. The molecule has 0 unspecified atom stereocenters. The summed E-state index contributed by atoms with van der Waals surface area (Å²) >= 11 is 3.30. The molecular formula is C11H11BrN2O2. The van der Waals surface area contributed by atoms with Crippen LogP contribution in [0.4, 0.5) is 0 Å². The van der Waals surface area contributed by atoms with Crippen molar-refractivity contribution >= 4 is 21.9 Å². The SMILES string of the molecule is COC(=O)Cc1cc(C#N)c(Br)c(CN)c1. The van der Waals surface area contributed by atoms with E-state index in [9.17, 15) is 4.79 Å². The van der Waals surface area contributed by atoms with Crippen molar-refractivity contribution < 1.29 is 9.53 Å². The largest absolute Gasteiger partial charge is 0.469 e. The van der Waals surface area contributed by atoms with Crippen LogP contribution in [0.1, 0.15) is 16.7 Å². The van der Waals surface area contributed by atoms with Gasteiger partial charge in [0, 0.05) is 11.0 Å². The van der Waals surface area contributed by atoms with Crippen LogP contribution in [0.3, 0.4) is 0 Å². The number of esters is 1. The van der Waals surface area contributed by atoms with E-state index in [2.05, 4.69) is 20.7 Å². The fraction of sp³-hybridized carbons (Fsp3) is 0.273. The van der Waals surface area contributed by atoms with Crippen LogP contribution in [-0.2, 0) is 22.5 Å². The van der Waals surface area contributed by atoms with E-state index in [0.29, 0.717) is 16.6 Å². The molecule has 4 nitrogen and oxygen atoms in total. The summed E-state index contributed by atoms with van der Waals surface area (Å²) in [7, 11) is 1.33. The van der Waals surface area contributed by atoms with Crippen LogP contribution in [0.25, 0.3) is 0 Å². The Morgan fingerprint density at radius 3 is 2.81 bits per heavy atom. The van der Waals surface area contributed by atoms with Crippen molar-refractivity contribution in [2.75, 3.05) is 7.11 Å². The average molecular weight is 283 g/mol. The van der Waals surface area contributed by atoms with Gasteiger partial charge < -0.3 is 10.5 Å². The quantitative estimate of drug-likeness (QED) is 0.853. The highest BCUT2D eigenvalue weighted by Gasteiger charge is 2.10. The van der Waals surface area contributed by atoms with Gasteiger partial charge in [0.05, 0.1) is 19.1 Å². The van der Waals surface area contributed by atoms with Gasteiger partial charge in [-0.1, -0.05) is 6.07 Å². The van der Waals surface area contributed by atoms with Crippen LogP contribution in [0.2, 0.25) is 0 Å². The highest BCUT2D eigenvalue weighted by Crippen LogP contribution is 2.23. The maximum atomic E-state index is 11.1. The molecule has 1 aromatic rings. The van der Waals surface area contributed by atoms with Gasteiger partial charge in [0.15, 0.2) is 0 Å². The van der Waals surface area contributed by atoms with Crippen molar-refractivity contribution in [3.8, 4) is 6.07 Å². The molecule has 2 N–H and O–H groups in total.